The lowest BCUT2D eigenvalue weighted by atomic mass is 9.95. The van der Waals surface area contributed by atoms with Crippen LogP contribution in [0.15, 0.2) is 41.8 Å². The number of carbonyl (C=O) groups excluding carboxylic acids is 1. The van der Waals surface area contributed by atoms with Crippen LogP contribution in [0.3, 0.4) is 0 Å². The van der Waals surface area contributed by atoms with Gasteiger partial charge in [0.15, 0.2) is 5.13 Å². The van der Waals surface area contributed by atoms with Crippen LogP contribution >= 0.6 is 23.1 Å². The Labute approximate surface area is 184 Å². The smallest absolute Gasteiger partial charge is 0.240 e. The quantitative estimate of drug-likeness (QED) is 0.549. The fourth-order valence-electron chi connectivity index (χ4n) is 3.68. The molecular weight excluding hydrogens is 416 g/mol. The molecule has 156 valence electrons. The number of carbonyl (C=O) groups is 1. The molecule has 3 aromatic rings. The van der Waals surface area contributed by atoms with Gasteiger partial charge in [-0.2, -0.15) is 0 Å². The predicted molar refractivity (Wildman–Crippen MR) is 124 cm³/mol. The largest absolute Gasteiger partial charge is 0.508 e. The highest BCUT2D eigenvalue weighted by Crippen LogP contribution is 2.46. The number of para-hydroxylation sites is 1. The van der Waals surface area contributed by atoms with Crippen LogP contribution in [0.5, 0.6) is 11.5 Å². The van der Waals surface area contributed by atoms with Crippen LogP contribution in [-0.4, -0.2) is 28.9 Å². The number of hydrogen-bond donors (Lipinski definition) is 1. The number of methoxy groups -OCH3 is 1. The van der Waals surface area contributed by atoms with Gasteiger partial charge in [0, 0.05) is 16.5 Å². The summed E-state index contributed by atoms with van der Waals surface area (Å²) in [6.07, 6.45) is 0. The molecule has 0 radical (unpaired) electrons. The SMILES string of the molecule is COc1ccccc1C1SCC(=O)N1c1nc(-c2cc(C(C)C)c(O)cc2C)cs1. The maximum Gasteiger partial charge on any atom is 0.240 e. The summed E-state index contributed by atoms with van der Waals surface area (Å²) >= 11 is 3.04. The first kappa shape index (κ1) is 20.8. The molecule has 30 heavy (non-hydrogen) atoms. The lowest BCUT2D eigenvalue weighted by Crippen LogP contribution is -2.27. The Morgan fingerprint density at radius 3 is 2.77 bits per heavy atom. The second kappa shape index (κ2) is 8.32. The molecule has 1 atom stereocenters. The molecule has 4 rings (SSSR count). The van der Waals surface area contributed by atoms with E-state index in [4.69, 9.17) is 9.72 Å². The molecule has 1 aliphatic rings. The van der Waals surface area contributed by atoms with Gasteiger partial charge in [-0.15, -0.1) is 23.1 Å². The Hall–Kier alpha value is -2.51. The van der Waals surface area contributed by atoms with E-state index in [0.29, 0.717) is 16.6 Å². The van der Waals surface area contributed by atoms with E-state index in [1.807, 2.05) is 42.6 Å². The van der Waals surface area contributed by atoms with Crippen molar-refractivity contribution in [1.82, 2.24) is 4.98 Å². The maximum absolute atomic E-state index is 12.8. The number of anilines is 1. The first-order valence-electron chi connectivity index (χ1n) is 9.76. The zero-order valence-electron chi connectivity index (χ0n) is 17.4. The van der Waals surface area contributed by atoms with Crippen molar-refractivity contribution in [1.29, 1.82) is 0 Å². The lowest BCUT2D eigenvalue weighted by Gasteiger charge is -2.23. The van der Waals surface area contributed by atoms with Gasteiger partial charge >= 0.3 is 0 Å². The zero-order valence-corrected chi connectivity index (χ0v) is 19.0. The van der Waals surface area contributed by atoms with Crippen LogP contribution in [0.25, 0.3) is 11.3 Å². The van der Waals surface area contributed by atoms with Crippen molar-refractivity contribution < 1.29 is 14.6 Å². The molecule has 2 aromatic carbocycles. The second-order valence-corrected chi connectivity index (χ2v) is 9.47. The number of rotatable bonds is 5. The van der Waals surface area contributed by atoms with Crippen LogP contribution in [0.1, 0.15) is 41.8 Å². The standard InChI is InChI=1S/C23H24N2O3S2/c1-13(2)16-10-17(14(3)9-19(16)26)18-11-30-23(24-18)25-21(27)12-29-22(25)15-7-5-6-8-20(15)28-4/h5-11,13,22,26H,12H2,1-4H3. The number of ether oxygens (including phenoxy) is 1. The number of nitrogens with zero attached hydrogens (tertiary/aromatic N) is 2. The van der Waals surface area contributed by atoms with E-state index in [9.17, 15) is 9.90 Å². The minimum absolute atomic E-state index is 0.0436. The van der Waals surface area contributed by atoms with E-state index >= 15 is 0 Å². The summed E-state index contributed by atoms with van der Waals surface area (Å²) in [7, 11) is 1.64. The summed E-state index contributed by atoms with van der Waals surface area (Å²) in [6, 6.07) is 11.6. The van der Waals surface area contributed by atoms with Gasteiger partial charge in [0.05, 0.1) is 18.6 Å². The monoisotopic (exact) mass is 440 g/mol. The van der Waals surface area contributed by atoms with Gasteiger partial charge in [-0.05, 0) is 42.2 Å². The molecular formula is C23H24N2O3S2. The summed E-state index contributed by atoms with van der Waals surface area (Å²) in [5.41, 5.74) is 4.61. The summed E-state index contributed by atoms with van der Waals surface area (Å²) in [6.45, 7) is 6.07. The Morgan fingerprint density at radius 1 is 1.27 bits per heavy atom. The number of phenolic OH excluding ortho intramolecular Hbond substituents is 1. The van der Waals surface area contributed by atoms with Crippen LogP contribution in [0, 0.1) is 6.92 Å². The predicted octanol–water partition coefficient (Wildman–Crippen LogP) is 5.73. The Morgan fingerprint density at radius 2 is 2.03 bits per heavy atom. The van der Waals surface area contributed by atoms with Gasteiger partial charge in [0.2, 0.25) is 5.91 Å². The first-order valence-corrected chi connectivity index (χ1v) is 11.7. The first-order chi connectivity index (χ1) is 14.4. The highest BCUT2D eigenvalue weighted by Gasteiger charge is 2.37. The lowest BCUT2D eigenvalue weighted by molar-refractivity contribution is -0.115. The van der Waals surface area contributed by atoms with E-state index in [1.165, 1.54) is 11.3 Å². The molecule has 1 saturated heterocycles. The summed E-state index contributed by atoms with van der Waals surface area (Å²) < 4.78 is 5.52. The van der Waals surface area contributed by atoms with Crippen molar-refractivity contribution in [2.75, 3.05) is 17.8 Å². The third-order valence-corrected chi connectivity index (χ3v) is 7.28. The van der Waals surface area contributed by atoms with Crippen LogP contribution in [-0.2, 0) is 4.79 Å². The number of phenols is 1. The van der Waals surface area contributed by atoms with E-state index in [-0.39, 0.29) is 17.2 Å². The molecule has 1 unspecified atom stereocenters. The zero-order chi connectivity index (χ0) is 21.4. The topological polar surface area (TPSA) is 62.7 Å². The Balaban J connectivity index is 1.73. The molecule has 2 heterocycles. The summed E-state index contributed by atoms with van der Waals surface area (Å²) in [4.78, 5) is 19.4. The number of thioether (sulfide) groups is 1. The molecule has 1 aliphatic heterocycles. The number of hydrogen-bond acceptors (Lipinski definition) is 6. The molecule has 1 N–H and O–H groups in total. The average Bonchev–Trinajstić information content (AvgIpc) is 3.34. The van der Waals surface area contributed by atoms with Crippen LogP contribution < -0.4 is 9.64 Å². The van der Waals surface area contributed by atoms with E-state index < -0.39 is 0 Å². The molecule has 1 fully saturated rings. The van der Waals surface area contributed by atoms with Crippen molar-refractivity contribution in [2.45, 2.75) is 32.1 Å². The fraction of sp³-hybridized carbons (Fsp3) is 0.304. The number of benzene rings is 2. The van der Waals surface area contributed by atoms with Gasteiger partial charge in [-0.25, -0.2) is 4.98 Å². The highest BCUT2D eigenvalue weighted by atomic mass is 32.2. The number of aromatic nitrogens is 1. The second-order valence-electron chi connectivity index (χ2n) is 7.57. The number of aromatic hydroxyl groups is 1. The minimum Gasteiger partial charge on any atom is -0.508 e. The van der Waals surface area contributed by atoms with E-state index in [0.717, 1.165) is 33.7 Å². The number of thiazole rings is 1. The van der Waals surface area contributed by atoms with Gasteiger partial charge in [-0.1, -0.05) is 32.0 Å². The van der Waals surface area contributed by atoms with Crippen molar-refractivity contribution in [3.63, 3.8) is 0 Å². The molecule has 1 aromatic heterocycles. The normalized spacial score (nSPS) is 16.5. The van der Waals surface area contributed by atoms with Crippen LogP contribution in [0.4, 0.5) is 5.13 Å². The molecule has 0 spiro atoms. The van der Waals surface area contributed by atoms with Crippen molar-refractivity contribution in [3.05, 3.63) is 58.5 Å². The van der Waals surface area contributed by atoms with E-state index in [2.05, 4.69) is 13.8 Å². The van der Waals surface area contributed by atoms with Crippen molar-refractivity contribution in [3.8, 4) is 22.8 Å². The average molecular weight is 441 g/mol. The number of aryl methyl sites for hydroxylation is 1. The van der Waals surface area contributed by atoms with Gasteiger partial charge in [0.25, 0.3) is 0 Å². The third kappa shape index (κ3) is 3.68. The molecule has 7 heteroatoms. The van der Waals surface area contributed by atoms with Gasteiger partial charge in [0.1, 0.15) is 16.9 Å². The number of amides is 1. The highest BCUT2D eigenvalue weighted by molar-refractivity contribution is 8.00. The molecule has 0 bridgehead atoms. The van der Waals surface area contributed by atoms with E-state index in [1.54, 1.807) is 29.8 Å². The third-order valence-electron chi connectivity index (χ3n) is 5.24. The Bertz CT molecular complexity index is 1090. The maximum atomic E-state index is 12.8. The Kier molecular flexibility index (Phi) is 5.75. The summed E-state index contributed by atoms with van der Waals surface area (Å²) in [5, 5.41) is 12.8. The molecule has 1 amide bonds. The van der Waals surface area contributed by atoms with Crippen molar-refractivity contribution in [2.24, 2.45) is 0 Å². The molecule has 0 aliphatic carbocycles. The molecule has 0 saturated carbocycles. The summed E-state index contributed by atoms with van der Waals surface area (Å²) in [5.74, 6) is 1.73. The molecule has 5 nitrogen and oxygen atoms in total. The minimum atomic E-state index is -0.167. The van der Waals surface area contributed by atoms with Crippen LogP contribution in [0.2, 0.25) is 0 Å². The van der Waals surface area contributed by atoms with Gasteiger partial charge in [-0.3, -0.25) is 9.69 Å². The fourth-order valence-corrected chi connectivity index (χ4v) is 5.79. The van der Waals surface area contributed by atoms with Gasteiger partial charge < -0.3 is 9.84 Å². The van der Waals surface area contributed by atoms with Crippen molar-refractivity contribution >= 4 is 34.1 Å².